The van der Waals surface area contributed by atoms with E-state index in [1.54, 1.807) is 13.8 Å². The second-order valence-corrected chi connectivity index (χ2v) is 18.6. The molecule has 42 heavy (non-hydrogen) atoms. The Morgan fingerprint density at radius 3 is 2.05 bits per heavy atom. The first-order valence-corrected chi connectivity index (χ1v) is 19.0. The Labute approximate surface area is 251 Å². The molecule has 5 aliphatic heterocycles. The van der Waals surface area contributed by atoms with E-state index in [0.29, 0.717) is 11.9 Å². The zero-order valence-corrected chi connectivity index (χ0v) is 27.2. The van der Waals surface area contributed by atoms with Gasteiger partial charge in [0.1, 0.15) is 0 Å². The first-order valence-electron chi connectivity index (χ1n) is 14.3. The SMILES string of the molecule is CC1(C)OC[C@@H]([C@H]2[C@@H]3OC(C)(C)O[C@@H]3C[Se+]2C[C@@H]2OC(c3ccccc3)O[C@H]([C@H]3COC(C)(C)O3)[C@@H]2OS(=O)(=O)O)O1. The second-order valence-electron chi connectivity index (χ2n) is 12.7. The molecular formula is C28H41O12SSe+. The van der Waals surface area contributed by atoms with Crippen LogP contribution in [0.2, 0.25) is 15.5 Å². The van der Waals surface area contributed by atoms with Gasteiger partial charge in [-0.15, -0.1) is 0 Å². The molecule has 5 fully saturated rings. The molecule has 1 N–H and O–H groups in total. The van der Waals surface area contributed by atoms with E-state index in [9.17, 15) is 13.0 Å². The first kappa shape index (κ1) is 31.3. The van der Waals surface area contributed by atoms with E-state index in [0.717, 1.165) is 10.9 Å². The molecule has 0 aliphatic carbocycles. The van der Waals surface area contributed by atoms with Gasteiger partial charge >= 0.3 is 252 Å². The third-order valence-electron chi connectivity index (χ3n) is 8.05. The summed E-state index contributed by atoms with van der Waals surface area (Å²) in [5.74, 6) is -2.35. The number of rotatable bonds is 7. The molecule has 1 aromatic carbocycles. The van der Waals surface area contributed by atoms with Crippen LogP contribution in [0.15, 0.2) is 30.3 Å². The van der Waals surface area contributed by atoms with Crippen LogP contribution in [0.5, 0.6) is 0 Å². The van der Waals surface area contributed by atoms with Gasteiger partial charge in [-0.3, -0.25) is 0 Å². The van der Waals surface area contributed by atoms with Crippen molar-refractivity contribution in [1.82, 2.24) is 0 Å². The third-order valence-corrected chi connectivity index (χ3v) is 14.5. The summed E-state index contributed by atoms with van der Waals surface area (Å²) in [4.78, 5) is -0.00463. The van der Waals surface area contributed by atoms with Crippen molar-refractivity contribution in [1.29, 1.82) is 0 Å². The topological polar surface area (TPSA) is 137 Å². The van der Waals surface area contributed by atoms with Gasteiger partial charge in [0.25, 0.3) is 0 Å². The maximum absolute atomic E-state index is 12.2. The molecule has 14 heteroatoms. The molecule has 5 aliphatic rings. The van der Waals surface area contributed by atoms with E-state index in [2.05, 4.69) is 0 Å². The van der Waals surface area contributed by atoms with Crippen molar-refractivity contribution in [3.63, 3.8) is 0 Å². The summed E-state index contributed by atoms with van der Waals surface area (Å²) in [6.45, 7) is 11.7. The van der Waals surface area contributed by atoms with Crippen LogP contribution in [-0.2, 0) is 52.5 Å². The molecule has 1 aromatic rings. The number of benzene rings is 1. The Kier molecular flexibility index (Phi) is 8.39. The van der Waals surface area contributed by atoms with Gasteiger partial charge in [-0.2, -0.15) is 0 Å². The van der Waals surface area contributed by atoms with Gasteiger partial charge in [-0.1, -0.05) is 0 Å². The summed E-state index contributed by atoms with van der Waals surface area (Å²) < 4.78 is 89.4. The van der Waals surface area contributed by atoms with Crippen LogP contribution in [0.25, 0.3) is 0 Å². The number of hydrogen-bond donors (Lipinski definition) is 1. The van der Waals surface area contributed by atoms with Gasteiger partial charge in [0.05, 0.1) is 0 Å². The Hall–Kier alpha value is -0.711. The van der Waals surface area contributed by atoms with Crippen LogP contribution in [0.1, 0.15) is 53.4 Å². The summed E-state index contributed by atoms with van der Waals surface area (Å²) in [6, 6.07) is 9.41. The van der Waals surface area contributed by atoms with Crippen molar-refractivity contribution < 1.29 is 55.0 Å². The van der Waals surface area contributed by atoms with E-state index in [4.69, 9.17) is 42.1 Å². The van der Waals surface area contributed by atoms with Crippen LogP contribution in [0.3, 0.4) is 0 Å². The fourth-order valence-corrected chi connectivity index (χ4v) is 13.6. The van der Waals surface area contributed by atoms with E-state index in [-0.39, 0.29) is 29.7 Å². The molecule has 5 saturated heterocycles. The molecule has 0 radical (unpaired) electrons. The molecule has 0 bridgehead atoms. The summed E-state index contributed by atoms with van der Waals surface area (Å²) in [5, 5.41) is 1.24. The summed E-state index contributed by atoms with van der Waals surface area (Å²) in [6.07, 6.45) is -4.90. The number of ether oxygens (including phenoxy) is 8. The van der Waals surface area contributed by atoms with Crippen molar-refractivity contribution in [3.8, 4) is 0 Å². The summed E-state index contributed by atoms with van der Waals surface area (Å²) in [7, 11) is -4.88. The minimum absolute atomic E-state index is 0.00463. The molecule has 5 heterocycles. The Morgan fingerprint density at radius 2 is 1.45 bits per heavy atom. The average molecular weight is 681 g/mol. The average Bonchev–Trinajstić information content (AvgIpc) is 3.59. The molecule has 12 nitrogen and oxygen atoms in total. The monoisotopic (exact) mass is 681 g/mol. The predicted octanol–water partition coefficient (Wildman–Crippen LogP) is 3.36. The van der Waals surface area contributed by atoms with Gasteiger partial charge < -0.3 is 0 Å². The van der Waals surface area contributed by atoms with Crippen molar-refractivity contribution >= 4 is 24.3 Å². The fraction of sp³-hybridized carbons (Fsp3) is 0.786. The zero-order valence-electron chi connectivity index (χ0n) is 24.7. The molecule has 0 aromatic heterocycles. The van der Waals surface area contributed by atoms with Crippen LogP contribution in [0, 0.1) is 0 Å². The molecule has 0 saturated carbocycles. The number of fused-ring (bicyclic) bond motifs is 1. The quantitative estimate of drug-likeness (QED) is 0.334. The van der Waals surface area contributed by atoms with Gasteiger partial charge in [-0.25, -0.2) is 0 Å². The van der Waals surface area contributed by atoms with Crippen LogP contribution in [0.4, 0.5) is 0 Å². The molecule has 0 spiro atoms. The molecule has 6 rings (SSSR count). The van der Waals surface area contributed by atoms with Crippen molar-refractivity contribution in [2.24, 2.45) is 0 Å². The van der Waals surface area contributed by atoms with Gasteiger partial charge in [0.15, 0.2) is 0 Å². The summed E-state index contributed by atoms with van der Waals surface area (Å²) >= 11 is -1.72. The second kappa shape index (κ2) is 11.3. The Balaban J connectivity index is 1.33. The standard InChI is InChI=1S/C28H40O12SSe/c1-26(2)32-12-17(36-26)21-22(40-41(29,30)31)19(34-25(35-21)16-10-8-7-9-11-16)14-42-15-20-23(39-28(5,6)38-20)24(42)18-13-33-27(3,4)37-18/h7-11,17-25H,12-15H2,1-6H3/p+1/t17-,18+,19+,20-,21-,22-,23-,24+,25?,42?/m1/s1. The minimum atomic E-state index is -4.88. The normalized spacial score (nSPS) is 42.5. The Morgan fingerprint density at radius 1 is 0.833 bits per heavy atom. The van der Waals surface area contributed by atoms with Gasteiger partial charge in [0.2, 0.25) is 0 Å². The maximum atomic E-state index is 12.2. The van der Waals surface area contributed by atoms with Crippen LogP contribution in [-0.4, -0.2) is 100 Å². The van der Waals surface area contributed by atoms with E-state index < -0.39 is 72.4 Å². The van der Waals surface area contributed by atoms with Crippen LogP contribution >= 0.6 is 0 Å². The fourth-order valence-electron chi connectivity index (χ4n) is 6.51. The zero-order chi connectivity index (χ0) is 30.1. The van der Waals surface area contributed by atoms with Gasteiger partial charge in [-0.05, 0) is 0 Å². The molecular weight excluding hydrogens is 639 g/mol. The first-order chi connectivity index (χ1) is 19.6. The number of hydrogen-bond acceptors (Lipinski definition) is 11. The molecule has 2 unspecified atom stereocenters. The van der Waals surface area contributed by atoms with Crippen LogP contribution < -0.4 is 0 Å². The predicted molar refractivity (Wildman–Crippen MR) is 148 cm³/mol. The van der Waals surface area contributed by atoms with Crippen molar-refractivity contribution in [2.75, 3.05) is 13.2 Å². The molecule has 236 valence electrons. The van der Waals surface area contributed by atoms with Gasteiger partial charge in [0, 0.05) is 0 Å². The molecule has 0 amide bonds. The van der Waals surface area contributed by atoms with E-state index in [1.807, 2.05) is 58.0 Å². The van der Waals surface area contributed by atoms with E-state index >= 15 is 0 Å². The van der Waals surface area contributed by atoms with Crippen molar-refractivity contribution in [2.45, 2.75) is 123 Å². The van der Waals surface area contributed by atoms with E-state index in [1.165, 1.54) is 0 Å². The third kappa shape index (κ3) is 6.76. The summed E-state index contributed by atoms with van der Waals surface area (Å²) in [5.41, 5.74) is 0.763. The van der Waals surface area contributed by atoms with Crippen molar-refractivity contribution in [3.05, 3.63) is 35.9 Å². The molecule has 10 atom stereocenters. The Bertz CT molecular complexity index is 1230.